The number of aryl methyl sites for hydroxylation is 1. The van der Waals surface area contributed by atoms with Crippen LogP contribution in [0.3, 0.4) is 0 Å². The molecule has 0 saturated carbocycles. The molecule has 0 spiro atoms. The molecule has 2 aromatic rings. The lowest BCUT2D eigenvalue weighted by molar-refractivity contribution is -0.126. The average molecular weight is 364 g/mol. The number of carbonyl (C=O) groups is 1. The third-order valence-electron chi connectivity index (χ3n) is 3.26. The number of anilines is 1. The van der Waals surface area contributed by atoms with E-state index in [1.54, 1.807) is 0 Å². The summed E-state index contributed by atoms with van der Waals surface area (Å²) in [4.78, 5) is 11.4. The number of alkyl halides is 2. The van der Waals surface area contributed by atoms with Gasteiger partial charge < -0.3 is 9.47 Å². The number of hydrogen-bond donors (Lipinski definition) is 1. The molecule has 0 saturated heterocycles. The van der Waals surface area contributed by atoms with Gasteiger partial charge in [0.2, 0.25) is 5.88 Å². The Morgan fingerprint density at radius 2 is 2.17 bits per heavy atom. The van der Waals surface area contributed by atoms with E-state index in [9.17, 15) is 23.2 Å². The Bertz CT molecular complexity index is 827. The zero-order chi connectivity index (χ0) is 17.6. The second-order valence-corrected chi connectivity index (χ2v) is 5.14. The summed E-state index contributed by atoms with van der Waals surface area (Å²) in [6, 6.07) is 2.00. The van der Waals surface area contributed by atoms with E-state index in [-0.39, 0.29) is 27.7 Å². The number of fused-ring (bicyclic) bond motifs is 1. The van der Waals surface area contributed by atoms with Crippen molar-refractivity contribution in [3.8, 4) is 22.9 Å². The molecule has 3 rings (SSSR count). The maximum absolute atomic E-state index is 14.3. The molecular weight excluding hydrogens is 355 g/mol. The first-order chi connectivity index (χ1) is 11.3. The highest BCUT2D eigenvalue weighted by atomic mass is 35.5. The molecule has 11 heteroatoms. The van der Waals surface area contributed by atoms with Gasteiger partial charge in [-0.2, -0.15) is 18.9 Å². The summed E-state index contributed by atoms with van der Waals surface area (Å²) in [7, 11) is 1.29. The smallest absolute Gasteiger partial charge is 0.388 e. The molecule has 24 heavy (non-hydrogen) atoms. The third kappa shape index (κ3) is 2.63. The number of hydroxylamine groups is 1. The van der Waals surface area contributed by atoms with Gasteiger partial charge in [-0.25, -0.2) is 9.07 Å². The van der Waals surface area contributed by atoms with Crippen molar-refractivity contribution < 1.29 is 32.6 Å². The predicted octanol–water partition coefficient (Wildman–Crippen LogP) is 2.60. The van der Waals surface area contributed by atoms with Crippen LogP contribution < -0.4 is 14.5 Å². The first-order valence-electron chi connectivity index (χ1n) is 6.45. The standard InChI is InChI=1S/C13H9ClF3N3O4/c1-19-12(24-13(16)17)10(14)11(18-19)5-2-7-8(3-6(5)15)23-4-9(21)20(7)22/h2-3,13,22H,4H2,1H3. The van der Waals surface area contributed by atoms with Crippen LogP contribution in [-0.2, 0) is 11.8 Å². The van der Waals surface area contributed by atoms with Crippen LogP contribution in [0, 0.1) is 5.82 Å². The van der Waals surface area contributed by atoms with Crippen molar-refractivity contribution in [3.63, 3.8) is 0 Å². The van der Waals surface area contributed by atoms with Gasteiger partial charge >= 0.3 is 6.61 Å². The number of nitrogens with zero attached hydrogens (tertiary/aromatic N) is 3. The summed E-state index contributed by atoms with van der Waals surface area (Å²) in [6.07, 6.45) is 0. The predicted molar refractivity (Wildman–Crippen MR) is 75.0 cm³/mol. The van der Waals surface area contributed by atoms with E-state index in [0.29, 0.717) is 5.06 Å². The van der Waals surface area contributed by atoms with Gasteiger partial charge in [0.25, 0.3) is 5.91 Å². The lowest BCUT2D eigenvalue weighted by Crippen LogP contribution is -2.36. The number of carbonyl (C=O) groups excluding carboxylic acids is 1. The summed E-state index contributed by atoms with van der Waals surface area (Å²) in [6.45, 7) is -3.59. The second kappa shape index (κ2) is 5.87. The number of amides is 1. The Balaban J connectivity index is 2.12. The molecule has 1 aliphatic heterocycles. The minimum Gasteiger partial charge on any atom is -0.481 e. The van der Waals surface area contributed by atoms with Crippen LogP contribution in [0.15, 0.2) is 12.1 Å². The van der Waals surface area contributed by atoms with Gasteiger partial charge in [0, 0.05) is 18.7 Å². The van der Waals surface area contributed by atoms with E-state index < -0.39 is 30.8 Å². The van der Waals surface area contributed by atoms with Crippen LogP contribution in [0.25, 0.3) is 11.3 Å². The molecule has 1 amide bonds. The molecule has 2 heterocycles. The van der Waals surface area contributed by atoms with Crippen molar-refractivity contribution in [1.82, 2.24) is 9.78 Å². The molecule has 0 atom stereocenters. The highest BCUT2D eigenvalue weighted by Gasteiger charge is 2.29. The van der Waals surface area contributed by atoms with Crippen LogP contribution in [0.5, 0.6) is 11.6 Å². The molecule has 1 aliphatic rings. The summed E-state index contributed by atoms with van der Waals surface area (Å²) < 4.78 is 49.3. The van der Waals surface area contributed by atoms with Crippen LogP contribution in [-0.4, -0.2) is 34.1 Å². The zero-order valence-corrected chi connectivity index (χ0v) is 12.7. The fourth-order valence-corrected chi connectivity index (χ4v) is 2.51. The molecule has 0 bridgehead atoms. The monoisotopic (exact) mass is 363 g/mol. The van der Waals surface area contributed by atoms with Crippen molar-refractivity contribution >= 4 is 23.2 Å². The highest BCUT2D eigenvalue weighted by Crippen LogP contribution is 2.41. The van der Waals surface area contributed by atoms with Gasteiger partial charge in [0.05, 0.1) is 0 Å². The van der Waals surface area contributed by atoms with Crippen LogP contribution in [0.1, 0.15) is 0 Å². The largest absolute Gasteiger partial charge is 0.481 e. The fourth-order valence-electron chi connectivity index (χ4n) is 2.21. The van der Waals surface area contributed by atoms with E-state index >= 15 is 0 Å². The Morgan fingerprint density at radius 1 is 1.46 bits per heavy atom. The number of aromatic nitrogens is 2. The van der Waals surface area contributed by atoms with Crippen molar-refractivity contribution in [2.24, 2.45) is 7.05 Å². The molecular formula is C13H9ClF3N3O4. The van der Waals surface area contributed by atoms with Crippen molar-refractivity contribution in [3.05, 3.63) is 23.0 Å². The molecule has 1 aromatic heterocycles. The normalized spacial score (nSPS) is 14.0. The summed E-state index contributed by atoms with van der Waals surface area (Å²) in [5.74, 6) is -2.10. The van der Waals surface area contributed by atoms with E-state index in [1.165, 1.54) is 7.05 Å². The Morgan fingerprint density at radius 3 is 2.83 bits per heavy atom. The minimum absolute atomic E-state index is 0.0607. The number of halogens is 4. The van der Waals surface area contributed by atoms with Gasteiger partial charge in [-0.1, -0.05) is 11.6 Å². The fraction of sp³-hybridized carbons (Fsp3) is 0.231. The van der Waals surface area contributed by atoms with Gasteiger partial charge in [0.1, 0.15) is 28.0 Å². The quantitative estimate of drug-likeness (QED) is 0.848. The Kier molecular flexibility index (Phi) is 4.01. The number of ether oxygens (including phenoxy) is 2. The van der Waals surface area contributed by atoms with E-state index in [2.05, 4.69) is 9.84 Å². The number of hydrogen-bond acceptors (Lipinski definition) is 5. The highest BCUT2D eigenvalue weighted by molar-refractivity contribution is 6.34. The van der Waals surface area contributed by atoms with Gasteiger partial charge in [-0.3, -0.25) is 10.0 Å². The molecule has 1 aromatic carbocycles. The lowest BCUT2D eigenvalue weighted by atomic mass is 10.1. The summed E-state index contributed by atoms with van der Waals surface area (Å²) in [5, 5.41) is 13.5. The molecule has 0 aliphatic carbocycles. The molecule has 1 N–H and O–H groups in total. The van der Waals surface area contributed by atoms with E-state index in [0.717, 1.165) is 16.8 Å². The summed E-state index contributed by atoms with van der Waals surface area (Å²) >= 11 is 5.95. The van der Waals surface area contributed by atoms with E-state index in [4.69, 9.17) is 16.3 Å². The molecule has 128 valence electrons. The summed E-state index contributed by atoms with van der Waals surface area (Å²) in [5.41, 5.74) is -0.543. The maximum Gasteiger partial charge on any atom is 0.388 e. The maximum atomic E-state index is 14.3. The van der Waals surface area contributed by atoms with Crippen molar-refractivity contribution in [2.45, 2.75) is 6.61 Å². The molecule has 0 fully saturated rings. The molecule has 0 radical (unpaired) electrons. The third-order valence-corrected chi connectivity index (χ3v) is 3.60. The van der Waals surface area contributed by atoms with Gasteiger partial charge in [-0.05, 0) is 6.07 Å². The van der Waals surface area contributed by atoms with Crippen LogP contribution in [0.2, 0.25) is 5.02 Å². The second-order valence-electron chi connectivity index (χ2n) is 4.76. The first-order valence-corrected chi connectivity index (χ1v) is 6.83. The minimum atomic E-state index is -3.14. The van der Waals surface area contributed by atoms with Crippen molar-refractivity contribution in [2.75, 3.05) is 11.7 Å². The Labute approximate surface area is 137 Å². The van der Waals surface area contributed by atoms with E-state index in [1.807, 2.05) is 0 Å². The van der Waals surface area contributed by atoms with Crippen LogP contribution in [0.4, 0.5) is 18.9 Å². The van der Waals surface area contributed by atoms with Gasteiger partial charge in [-0.15, -0.1) is 0 Å². The van der Waals surface area contributed by atoms with Crippen LogP contribution >= 0.6 is 11.6 Å². The Hall–Kier alpha value is -2.46. The molecule has 0 unspecified atom stereocenters. The van der Waals surface area contributed by atoms with Gasteiger partial charge in [0.15, 0.2) is 6.61 Å². The lowest BCUT2D eigenvalue weighted by Gasteiger charge is -2.24. The average Bonchev–Trinajstić information content (AvgIpc) is 2.78. The number of benzene rings is 1. The first kappa shape index (κ1) is 16.4. The number of rotatable bonds is 3. The molecule has 7 nitrogen and oxygen atoms in total. The zero-order valence-electron chi connectivity index (χ0n) is 12.0. The SMILES string of the molecule is Cn1nc(-c2cc3c(cc2F)OCC(=O)N3O)c(Cl)c1OC(F)F. The topological polar surface area (TPSA) is 76.8 Å². The van der Waals surface area contributed by atoms with Crippen molar-refractivity contribution in [1.29, 1.82) is 0 Å².